The number of carbonyl (C=O) groups excluding carboxylic acids is 1. The Morgan fingerprint density at radius 3 is 2.12 bits per heavy atom. The van der Waals surface area contributed by atoms with Crippen molar-refractivity contribution in [2.45, 2.75) is 4.90 Å². The maximum Gasteiger partial charge on any atom is 0.255 e. The molecule has 25 heavy (non-hydrogen) atoms. The fraction of sp³-hybridized carbons (Fsp3) is 0.235. The quantitative estimate of drug-likeness (QED) is 0.845. The molecule has 7 nitrogen and oxygen atoms in total. The number of hydrogen-bond donors (Lipinski definition) is 1. The second kappa shape index (κ2) is 7.43. The topological polar surface area (TPSA) is 90.9 Å². The van der Waals surface area contributed by atoms with Gasteiger partial charge in [-0.3, -0.25) is 4.79 Å². The van der Waals surface area contributed by atoms with Gasteiger partial charge in [0, 0.05) is 17.9 Å². The van der Waals surface area contributed by atoms with Crippen LogP contribution in [0.4, 0.5) is 5.69 Å². The summed E-state index contributed by atoms with van der Waals surface area (Å²) >= 11 is 0. The van der Waals surface area contributed by atoms with Crippen LogP contribution in [-0.4, -0.2) is 41.9 Å². The summed E-state index contributed by atoms with van der Waals surface area (Å²) < 4.78 is 39.2. The lowest BCUT2D eigenvalue weighted by atomic mass is 10.2. The van der Waals surface area contributed by atoms with E-state index in [-0.39, 0.29) is 16.2 Å². The Kier molecular flexibility index (Phi) is 5.53. The molecule has 0 atom stereocenters. The van der Waals surface area contributed by atoms with Crippen LogP contribution in [0.3, 0.4) is 0 Å². The molecule has 0 fully saturated rings. The van der Waals surface area contributed by atoms with Gasteiger partial charge in [-0.2, -0.15) is 0 Å². The van der Waals surface area contributed by atoms with Crippen molar-refractivity contribution >= 4 is 21.4 Å². The molecular weight excluding hydrogens is 346 g/mol. The maximum absolute atomic E-state index is 12.5. The molecule has 1 amide bonds. The maximum atomic E-state index is 12.5. The first-order valence-corrected chi connectivity index (χ1v) is 9.10. The number of nitrogens with one attached hydrogen (secondary N) is 1. The molecule has 0 aromatic heterocycles. The van der Waals surface area contributed by atoms with Gasteiger partial charge >= 0.3 is 0 Å². The van der Waals surface area contributed by atoms with E-state index in [2.05, 4.69) is 5.32 Å². The van der Waals surface area contributed by atoms with Gasteiger partial charge in [0.25, 0.3) is 5.91 Å². The summed E-state index contributed by atoms with van der Waals surface area (Å²) in [4.78, 5) is 12.5. The second-order valence-electron chi connectivity index (χ2n) is 5.16. The van der Waals surface area contributed by atoms with E-state index < -0.39 is 15.7 Å². The number of sulfone groups is 1. The third kappa shape index (κ3) is 4.21. The summed E-state index contributed by atoms with van der Waals surface area (Å²) in [5, 5.41) is 2.69. The minimum Gasteiger partial charge on any atom is -0.497 e. The van der Waals surface area contributed by atoms with E-state index >= 15 is 0 Å². The van der Waals surface area contributed by atoms with Gasteiger partial charge in [0.2, 0.25) is 0 Å². The zero-order valence-electron chi connectivity index (χ0n) is 14.3. The number of ether oxygens (including phenoxy) is 3. The molecule has 0 aliphatic heterocycles. The molecule has 0 unspecified atom stereocenters. The van der Waals surface area contributed by atoms with E-state index in [0.29, 0.717) is 17.2 Å². The van der Waals surface area contributed by atoms with E-state index in [0.717, 1.165) is 6.26 Å². The van der Waals surface area contributed by atoms with Gasteiger partial charge in [0.05, 0.1) is 27.0 Å². The number of benzene rings is 2. The number of methoxy groups -OCH3 is 3. The highest BCUT2D eigenvalue weighted by atomic mass is 32.2. The van der Waals surface area contributed by atoms with E-state index in [9.17, 15) is 13.2 Å². The molecule has 1 N–H and O–H groups in total. The summed E-state index contributed by atoms with van der Waals surface area (Å²) in [6, 6.07) is 9.16. The van der Waals surface area contributed by atoms with E-state index in [1.165, 1.54) is 39.5 Å². The van der Waals surface area contributed by atoms with Crippen LogP contribution in [0.25, 0.3) is 0 Å². The zero-order chi connectivity index (χ0) is 18.6. The fourth-order valence-electron chi connectivity index (χ4n) is 2.21. The van der Waals surface area contributed by atoms with Gasteiger partial charge < -0.3 is 19.5 Å². The van der Waals surface area contributed by atoms with Crippen LogP contribution < -0.4 is 19.5 Å². The van der Waals surface area contributed by atoms with Crippen LogP contribution in [0.15, 0.2) is 41.3 Å². The highest BCUT2D eigenvalue weighted by Crippen LogP contribution is 2.30. The highest BCUT2D eigenvalue weighted by Gasteiger charge is 2.18. The van der Waals surface area contributed by atoms with Crippen molar-refractivity contribution in [1.82, 2.24) is 0 Å². The van der Waals surface area contributed by atoms with E-state index in [1.54, 1.807) is 18.2 Å². The van der Waals surface area contributed by atoms with Crippen LogP contribution in [0.1, 0.15) is 10.4 Å². The van der Waals surface area contributed by atoms with Gasteiger partial charge in [0.1, 0.15) is 22.1 Å². The van der Waals surface area contributed by atoms with Gasteiger partial charge in [-0.05, 0) is 30.3 Å². The number of rotatable bonds is 6. The lowest BCUT2D eigenvalue weighted by molar-refractivity contribution is 0.102. The van der Waals surface area contributed by atoms with Crippen LogP contribution in [0.5, 0.6) is 17.2 Å². The molecule has 134 valence electrons. The molecule has 2 aromatic carbocycles. The number of carbonyl (C=O) groups is 1. The SMILES string of the molecule is COc1ccc(OC)c(NC(=O)c2ccc(OC)c(S(C)(=O)=O)c2)c1. The van der Waals surface area contributed by atoms with Crippen molar-refractivity contribution in [3.63, 3.8) is 0 Å². The Bertz CT molecular complexity index is 892. The Balaban J connectivity index is 2.39. The normalized spacial score (nSPS) is 10.9. The van der Waals surface area contributed by atoms with Crippen molar-refractivity contribution in [2.24, 2.45) is 0 Å². The van der Waals surface area contributed by atoms with Crippen molar-refractivity contribution in [3.05, 3.63) is 42.0 Å². The third-order valence-corrected chi connectivity index (χ3v) is 4.60. The third-order valence-electron chi connectivity index (χ3n) is 3.48. The minimum atomic E-state index is -3.55. The predicted octanol–water partition coefficient (Wildman–Crippen LogP) is 2.37. The Labute approximate surface area is 146 Å². The largest absolute Gasteiger partial charge is 0.497 e. The zero-order valence-corrected chi connectivity index (χ0v) is 15.1. The molecule has 2 rings (SSSR count). The van der Waals surface area contributed by atoms with Crippen molar-refractivity contribution < 1.29 is 27.4 Å². The molecule has 2 aromatic rings. The van der Waals surface area contributed by atoms with Crippen LogP contribution in [0.2, 0.25) is 0 Å². The highest BCUT2D eigenvalue weighted by molar-refractivity contribution is 7.90. The molecular formula is C17H19NO6S. The monoisotopic (exact) mass is 365 g/mol. The molecule has 0 aliphatic rings. The Morgan fingerprint density at radius 1 is 0.920 bits per heavy atom. The summed E-state index contributed by atoms with van der Waals surface area (Å²) in [5.41, 5.74) is 0.578. The standard InChI is InChI=1S/C17H19NO6S/c1-22-12-6-8-14(23-2)13(10-12)18-17(19)11-5-7-15(24-3)16(9-11)25(4,20)21/h5-10H,1-4H3,(H,18,19). The molecule has 0 spiro atoms. The summed E-state index contributed by atoms with van der Waals surface area (Å²) in [5.74, 6) is 0.686. The first-order valence-electron chi connectivity index (χ1n) is 7.21. The lowest BCUT2D eigenvalue weighted by Gasteiger charge is -2.13. The van der Waals surface area contributed by atoms with Crippen LogP contribution in [-0.2, 0) is 9.84 Å². The molecule has 0 radical (unpaired) electrons. The fourth-order valence-corrected chi connectivity index (χ4v) is 3.07. The molecule has 0 heterocycles. The van der Waals surface area contributed by atoms with E-state index in [1.807, 2.05) is 0 Å². The van der Waals surface area contributed by atoms with Crippen LogP contribution in [0, 0.1) is 0 Å². The average molecular weight is 365 g/mol. The number of anilines is 1. The molecule has 0 aliphatic carbocycles. The average Bonchev–Trinajstić information content (AvgIpc) is 2.60. The molecule has 8 heteroatoms. The van der Waals surface area contributed by atoms with Crippen molar-refractivity contribution in [2.75, 3.05) is 32.9 Å². The smallest absolute Gasteiger partial charge is 0.255 e. The van der Waals surface area contributed by atoms with Crippen molar-refractivity contribution in [1.29, 1.82) is 0 Å². The Morgan fingerprint density at radius 2 is 1.56 bits per heavy atom. The minimum absolute atomic E-state index is 0.0553. The second-order valence-corrected chi connectivity index (χ2v) is 7.14. The van der Waals surface area contributed by atoms with Gasteiger partial charge in [0.15, 0.2) is 9.84 Å². The number of hydrogen-bond acceptors (Lipinski definition) is 6. The molecule has 0 saturated carbocycles. The van der Waals surface area contributed by atoms with Gasteiger partial charge in [-0.1, -0.05) is 0 Å². The predicted molar refractivity (Wildman–Crippen MR) is 93.6 cm³/mol. The first kappa shape index (κ1) is 18.6. The summed E-state index contributed by atoms with van der Waals surface area (Å²) in [6.07, 6.45) is 1.05. The molecule has 0 bridgehead atoms. The molecule has 0 saturated heterocycles. The lowest BCUT2D eigenvalue weighted by Crippen LogP contribution is -2.14. The van der Waals surface area contributed by atoms with Gasteiger partial charge in [-0.25, -0.2) is 8.42 Å². The number of amides is 1. The van der Waals surface area contributed by atoms with Gasteiger partial charge in [-0.15, -0.1) is 0 Å². The Hall–Kier alpha value is -2.74. The van der Waals surface area contributed by atoms with E-state index in [4.69, 9.17) is 14.2 Å². The van der Waals surface area contributed by atoms with Crippen LogP contribution >= 0.6 is 0 Å². The first-order chi connectivity index (χ1) is 11.8. The summed E-state index contributed by atoms with van der Waals surface area (Å²) in [6.45, 7) is 0. The van der Waals surface area contributed by atoms with Crippen molar-refractivity contribution in [3.8, 4) is 17.2 Å². The summed E-state index contributed by atoms with van der Waals surface area (Å²) in [7, 11) is 0.806.